The number of hydrogen-bond acceptors (Lipinski definition) is 3. The second kappa shape index (κ2) is 4.47. The quantitative estimate of drug-likeness (QED) is 0.653. The fraction of sp³-hybridized carbons (Fsp3) is 0.417. The van der Waals surface area contributed by atoms with Crippen LogP contribution in [0.1, 0.15) is 13.8 Å². The highest BCUT2D eigenvalue weighted by atomic mass is 32.1. The number of hydrogen-bond donors (Lipinski definition) is 1. The van der Waals surface area contributed by atoms with Gasteiger partial charge in [0.2, 0.25) is 0 Å². The highest BCUT2D eigenvalue weighted by Gasteiger charge is 2.10. The van der Waals surface area contributed by atoms with Crippen LogP contribution in [0.3, 0.4) is 0 Å². The van der Waals surface area contributed by atoms with E-state index >= 15 is 0 Å². The average molecular weight is 236 g/mol. The summed E-state index contributed by atoms with van der Waals surface area (Å²) >= 11 is 4.31. The second-order valence-corrected chi connectivity index (χ2v) is 5.30. The van der Waals surface area contributed by atoms with Gasteiger partial charge in [-0.25, -0.2) is 4.98 Å². The SMILES string of the molecule is CC(C)(S)OCCn1cnc2ccccc21. The van der Waals surface area contributed by atoms with Crippen molar-refractivity contribution in [1.29, 1.82) is 0 Å². The van der Waals surface area contributed by atoms with Crippen LogP contribution < -0.4 is 0 Å². The number of thiol groups is 1. The van der Waals surface area contributed by atoms with E-state index in [1.807, 2.05) is 38.4 Å². The van der Waals surface area contributed by atoms with Gasteiger partial charge in [0.05, 0.1) is 24.0 Å². The zero-order valence-electron chi connectivity index (χ0n) is 9.55. The molecule has 16 heavy (non-hydrogen) atoms. The van der Waals surface area contributed by atoms with E-state index in [0.717, 1.165) is 17.6 Å². The molecule has 2 rings (SSSR count). The fourth-order valence-corrected chi connectivity index (χ4v) is 1.67. The van der Waals surface area contributed by atoms with Crippen molar-refractivity contribution in [1.82, 2.24) is 9.55 Å². The molecular formula is C12H16N2OS. The fourth-order valence-electron chi connectivity index (χ4n) is 1.58. The predicted molar refractivity (Wildman–Crippen MR) is 68.8 cm³/mol. The van der Waals surface area contributed by atoms with Crippen LogP contribution in [0, 0.1) is 0 Å². The molecule has 4 heteroatoms. The lowest BCUT2D eigenvalue weighted by Crippen LogP contribution is -2.19. The molecule has 3 nitrogen and oxygen atoms in total. The summed E-state index contributed by atoms with van der Waals surface area (Å²) in [5, 5.41) is 0. The Hall–Kier alpha value is -1.00. The van der Waals surface area contributed by atoms with Gasteiger partial charge in [0.25, 0.3) is 0 Å². The number of aromatic nitrogens is 2. The zero-order valence-corrected chi connectivity index (χ0v) is 10.4. The summed E-state index contributed by atoms with van der Waals surface area (Å²) in [7, 11) is 0. The molecule has 0 N–H and O–H groups in total. The van der Waals surface area contributed by atoms with Crippen LogP contribution >= 0.6 is 12.6 Å². The maximum Gasteiger partial charge on any atom is 0.105 e. The van der Waals surface area contributed by atoms with Gasteiger partial charge in [0, 0.05) is 6.54 Å². The van der Waals surface area contributed by atoms with E-state index in [2.05, 4.69) is 28.2 Å². The minimum Gasteiger partial charge on any atom is -0.363 e. The number of nitrogens with zero attached hydrogens (tertiary/aromatic N) is 2. The topological polar surface area (TPSA) is 27.1 Å². The summed E-state index contributed by atoms with van der Waals surface area (Å²) in [5.74, 6) is 0. The lowest BCUT2D eigenvalue weighted by Gasteiger charge is -2.18. The van der Waals surface area contributed by atoms with Crippen molar-refractivity contribution >= 4 is 23.7 Å². The van der Waals surface area contributed by atoms with Gasteiger partial charge in [0.1, 0.15) is 4.93 Å². The molecule has 0 saturated carbocycles. The standard InChI is InChI=1S/C12H16N2OS/c1-12(2,16)15-8-7-14-9-13-10-5-3-4-6-11(10)14/h3-6,9,16H,7-8H2,1-2H3. The molecule has 0 saturated heterocycles. The maximum absolute atomic E-state index is 5.57. The van der Waals surface area contributed by atoms with Crippen molar-refractivity contribution in [2.45, 2.75) is 25.3 Å². The minimum atomic E-state index is -0.379. The van der Waals surface area contributed by atoms with Crippen LogP contribution in [0.4, 0.5) is 0 Å². The lowest BCUT2D eigenvalue weighted by molar-refractivity contribution is 0.0492. The smallest absolute Gasteiger partial charge is 0.105 e. The van der Waals surface area contributed by atoms with E-state index in [4.69, 9.17) is 4.74 Å². The van der Waals surface area contributed by atoms with Crippen LogP contribution in [0.15, 0.2) is 30.6 Å². The normalized spacial score (nSPS) is 12.2. The number of benzene rings is 1. The third-order valence-electron chi connectivity index (χ3n) is 2.31. The van der Waals surface area contributed by atoms with Crippen LogP contribution in [-0.4, -0.2) is 21.1 Å². The first-order valence-electron chi connectivity index (χ1n) is 5.32. The number of para-hydroxylation sites is 2. The molecule has 0 spiro atoms. The molecule has 0 atom stereocenters. The van der Waals surface area contributed by atoms with Crippen molar-refractivity contribution in [2.75, 3.05) is 6.61 Å². The van der Waals surface area contributed by atoms with Gasteiger partial charge in [0.15, 0.2) is 0 Å². The molecule has 0 unspecified atom stereocenters. The Balaban J connectivity index is 2.05. The van der Waals surface area contributed by atoms with Gasteiger partial charge in [-0.05, 0) is 26.0 Å². The Morgan fingerprint density at radius 2 is 2.12 bits per heavy atom. The monoisotopic (exact) mass is 236 g/mol. The Bertz CT molecular complexity index is 473. The molecule has 1 aromatic carbocycles. The first kappa shape index (κ1) is 11.5. The molecule has 0 aliphatic carbocycles. The summed E-state index contributed by atoms with van der Waals surface area (Å²) in [4.78, 5) is 3.94. The summed E-state index contributed by atoms with van der Waals surface area (Å²) in [6, 6.07) is 8.08. The van der Waals surface area contributed by atoms with Crippen molar-refractivity contribution in [3.63, 3.8) is 0 Å². The van der Waals surface area contributed by atoms with E-state index in [1.165, 1.54) is 0 Å². The molecule has 86 valence electrons. The van der Waals surface area contributed by atoms with Gasteiger partial charge in [-0.2, -0.15) is 0 Å². The lowest BCUT2D eigenvalue weighted by atomic mass is 10.3. The third-order valence-corrected chi connectivity index (χ3v) is 2.44. The average Bonchev–Trinajstić information content (AvgIpc) is 2.60. The van der Waals surface area contributed by atoms with Gasteiger partial charge in [-0.3, -0.25) is 0 Å². The van der Waals surface area contributed by atoms with E-state index in [9.17, 15) is 0 Å². The van der Waals surface area contributed by atoms with Gasteiger partial charge < -0.3 is 9.30 Å². The molecule has 0 amide bonds. The van der Waals surface area contributed by atoms with E-state index < -0.39 is 0 Å². The van der Waals surface area contributed by atoms with E-state index in [-0.39, 0.29) is 4.93 Å². The molecule has 0 aliphatic rings. The van der Waals surface area contributed by atoms with Gasteiger partial charge in [-0.1, -0.05) is 12.1 Å². The summed E-state index contributed by atoms with van der Waals surface area (Å²) < 4.78 is 7.66. The van der Waals surface area contributed by atoms with Crippen molar-refractivity contribution < 1.29 is 4.74 Å². The largest absolute Gasteiger partial charge is 0.363 e. The van der Waals surface area contributed by atoms with Crippen LogP contribution in [0.2, 0.25) is 0 Å². The first-order chi connectivity index (χ1) is 7.56. The molecule has 2 aromatic rings. The van der Waals surface area contributed by atoms with Crippen LogP contribution in [0.5, 0.6) is 0 Å². The maximum atomic E-state index is 5.57. The molecule has 1 aromatic heterocycles. The molecule has 0 bridgehead atoms. The Morgan fingerprint density at radius 3 is 2.88 bits per heavy atom. The Kier molecular flexibility index (Phi) is 3.21. The van der Waals surface area contributed by atoms with Crippen LogP contribution in [-0.2, 0) is 11.3 Å². The molecule has 1 heterocycles. The van der Waals surface area contributed by atoms with E-state index in [1.54, 1.807) is 0 Å². The summed E-state index contributed by atoms with van der Waals surface area (Å²) in [6.45, 7) is 5.30. The minimum absolute atomic E-state index is 0.379. The number of fused-ring (bicyclic) bond motifs is 1. The molecule has 0 aliphatic heterocycles. The van der Waals surface area contributed by atoms with Crippen molar-refractivity contribution in [2.24, 2.45) is 0 Å². The molecule has 0 fully saturated rings. The van der Waals surface area contributed by atoms with Crippen molar-refractivity contribution in [3.05, 3.63) is 30.6 Å². The number of ether oxygens (including phenoxy) is 1. The highest BCUT2D eigenvalue weighted by Crippen LogP contribution is 2.15. The van der Waals surface area contributed by atoms with Crippen LogP contribution in [0.25, 0.3) is 11.0 Å². The van der Waals surface area contributed by atoms with Crippen molar-refractivity contribution in [3.8, 4) is 0 Å². The Morgan fingerprint density at radius 1 is 1.38 bits per heavy atom. The second-order valence-electron chi connectivity index (χ2n) is 4.22. The number of rotatable bonds is 4. The summed E-state index contributed by atoms with van der Waals surface area (Å²) in [6.07, 6.45) is 1.85. The predicted octanol–water partition coefficient (Wildman–Crippen LogP) is 2.72. The number of imidazole rings is 1. The molecular weight excluding hydrogens is 220 g/mol. The van der Waals surface area contributed by atoms with Gasteiger partial charge >= 0.3 is 0 Å². The molecule has 0 radical (unpaired) electrons. The summed E-state index contributed by atoms with van der Waals surface area (Å²) in [5.41, 5.74) is 2.16. The highest BCUT2D eigenvalue weighted by molar-refractivity contribution is 7.81. The van der Waals surface area contributed by atoms with Gasteiger partial charge in [-0.15, -0.1) is 12.6 Å². The zero-order chi connectivity index (χ0) is 11.6. The Labute approximate surface area is 101 Å². The van der Waals surface area contributed by atoms with E-state index in [0.29, 0.717) is 6.61 Å². The third kappa shape index (κ3) is 2.77. The first-order valence-corrected chi connectivity index (χ1v) is 5.77.